The van der Waals surface area contributed by atoms with Crippen molar-refractivity contribution in [3.8, 4) is 0 Å². The summed E-state index contributed by atoms with van der Waals surface area (Å²) >= 11 is 0. The normalized spacial score (nSPS) is 16.9. The molecule has 0 aliphatic carbocycles. The van der Waals surface area contributed by atoms with Gasteiger partial charge in [-0.05, 0) is 19.9 Å². The molecule has 0 saturated heterocycles. The first-order valence-corrected chi connectivity index (χ1v) is 6.45. The fraction of sp³-hybridized carbons (Fsp3) is 0.385. The van der Waals surface area contributed by atoms with Crippen LogP contribution in [0.1, 0.15) is 18.9 Å². The van der Waals surface area contributed by atoms with Gasteiger partial charge in [0.05, 0.1) is 28.4 Å². The van der Waals surface area contributed by atoms with Crippen molar-refractivity contribution < 1.29 is 14.6 Å². The summed E-state index contributed by atoms with van der Waals surface area (Å²) < 4.78 is 0. The van der Waals surface area contributed by atoms with Crippen molar-refractivity contribution in [1.82, 2.24) is 5.32 Å². The Morgan fingerprint density at radius 3 is 2.90 bits per heavy atom. The summed E-state index contributed by atoms with van der Waals surface area (Å²) in [5, 5.41) is 19.9. The lowest BCUT2D eigenvalue weighted by atomic mass is 10.1. The number of oxime groups is 1. The van der Waals surface area contributed by atoms with Gasteiger partial charge in [0.15, 0.2) is 0 Å². The third kappa shape index (κ3) is 3.68. The van der Waals surface area contributed by atoms with Gasteiger partial charge < -0.3 is 15.5 Å². The van der Waals surface area contributed by atoms with E-state index in [0.29, 0.717) is 24.2 Å². The van der Waals surface area contributed by atoms with Gasteiger partial charge in [-0.15, -0.1) is 0 Å². The predicted octanol–water partition coefficient (Wildman–Crippen LogP) is 2.19. The zero-order chi connectivity index (χ0) is 15.4. The van der Waals surface area contributed by atoms with Gasteiger partial charge in [0.25, 0.3) is 5.69 Å². The Bertz CT molecular complexity index is 600. The number of carbonyl (C=O) groups is 1. The number of carbonyl (C=O) groups excluding carboxylic acids is 1. The summed E-state index contributed by atoms with van der Waals surface area (Å²) in [6.07, 6.45) is 0.512. The number of nitrogens with zero attached hydrogens (tertiary/aromatic N) is 2. The van der Waals surface area contributed by atoms with E-state index in [2.05, 4.69) is 15.8 Å². The number of hydrogen-bond acceptors (Lipinski definition) is 5. The van der Waals surface area contributed by atoms with E-state index in [4.69, 9.17) is 4.84 Å². The van der Waals surface area contributed by atoms with E-state index in [1.807, 2.05) is 6.92 Å². The van der Waals surface area contributed by atoms with Gasteiger partial charge in [-0.1, -0.05) is 11.2 Å². The predicted molar refractivity (Wildman–Crippen MR) is 77.5 cm³/mol. The Balaban J connectivity index is 1.91. The van der Waals surface area contributed by atoms with Crippen LogP contribution in [0.2, 0.25) is 0 Å². The molecule has 8 heteroatoms. The van der Waals surface area contributed by atoms with Crippen LogP contribution < -0.4 is 10.6 Å². The molecule has 2 N–H and O–H groups in total. The Morgan fingerprint density at radius 2 is 2.29 bits per heavy atom. The van der Waals surface area contributed by atoms with Crippen LogP contribution in [0.5, 0.6) is 0 Å². The van der Waals surface area contributed by atoms with Crippen molar-refractivity contribution in [3.05, 3.63) is 33.9 Å². The summed E-state index contributed by atoms with van der Waals surface area (Å²) in [5.41, 5.74) is 1.67. The zero-order valence-electron chi connectivity index (χ0n) is 11.8. The van der Waals surface area contributed by atoms with Crippen LogP contribution in [0.3, 0.4) is 0 Å². The number of nitro benzene ring substituents is 1. The molecule has 0 fully saturated rings. The monoisotopic (exact) mass is 292 g/mol. The molecular weight excluding hydrogens is 276 g/mol. The lowest BCUT2D eigenvalue weighted by Gasteiger charge is -2.12. The van der Waals surface area contributed by atoms with Crippen molar-refractivity contribution in [2.24, 2.45) is 5.16 Å². The molecular formula is C13H16N4O4. The van der Waals surface area contributed by atoms with Crippen LogP contribution in [0.25, 0.3) is 0 Å². The fourth-order valence-corrected chi connectivity index (χ4v) is 2.01. The summed E-state index contributed by atoms with van der Waals surface area (Å²) in [6, 6.07) is 4.09. The van der Waals surface area contributed by atoms with E-state index >= 15 is 0 Å². The van der Waals surface area contributed by atoms with Gasteiger partial charge in [0.2, 0.25) is 0 Å². The first-order valence-electron chi connectivity index (χ1n) is 6.45. The number of amides is 2. The SMILES string of the molecule is CC1=NOC(CNC(=O)Nc2cccc([N+](=O)[O-])c2C)C1. The molecule has 2 amide bonds. The highest BCUT2D eigenvalue weighted by atomic mass is 16.6. The highest BCUT2D eigenvalue weighted by Crippen LogP contribution is 2.24. The molecule has 1 unspecified atom stereocenters. The van der Waals surface area contributed by atoms with Crippen LogP contribution in [0.15, 0.2) is 23.4 Å². The fourth-order valence-electron chi connectivity index (χ4n) is 2.01. The van der Waals surface area contributed by atoms with Gasteiger partial charge in [0.1, 0.15) is 6.10 Å². The number of nitro groups is 1. The standard InChI is InChI=1S/C13H16N4O4/c1-8-6-10(21-16-8)7-14-13(18)15-11-4-3-5-12(9(11)2)17(19)20/h3-5,10H,6-7H2,1-2H3,(H2,14,15,18). The average molecular weight is 292 g/mol. The number of urea groups is 1. The minimum Gasteiger partial charge on any atom is -0.390 e. The number of anilines is 1. The molecule has 21 heavy (non-hydrogen) atoms. The molecule has 1 aliphatic heterocycles. The van der Waals surface area contributed by atoms with Crippen molar-refractivity contribution in [1.29, 1.82) is 0 Å². The molecule has 0 radical (unpaired) electrons. The third-order valence-corrected chi connectivity index (χ3v) is 3.12. The van der Waals surface area contributed by atoms with E-state index in [-0.39, 0.29) is 11.8 Å². The minimum atomic E-state index is -0.481. The molecule has 1 aromatic rings. The quantitative estimate of drug-likeness (QED) is 0.655. The van der Waals surface area contributed by atoms with Crippen LogP contribution in [-0.2, 0) is 4.84 Å². The van der Waals surface area contributed by atoms with Crippen molar-refractivity contribution >= 4 is 23.1 Å². The molecule has 112 valence electrons. The molecule has 0 spiro atoms. The summed E-state index contributed by atoms with van der Waals surface area (Å²) in [6.45, 7) is 3.76. The maximum atomic E-state index is 11.8. The van der Waals surface area contributed by atoms with Gasteiger partial charge in [-0.2, -0.15) is 0 Å². The van der Waals surface area contributed by atoms with Crippen molar-refractivity contribution in [2.75, 3.05) is 11.9 Å². The number of nitrogens with one attached hydrogen (secondary N) is 2. The lowest BCUT2D eigenvalue weighted by molar-refractivity contribution is -0.385. The molecule has 2 rings (SSSR count). The number of rotatable bonds is 4. The number of hydrogen-bond donors (Lipinski definition) is 2. The summed E-state index contributed by atoms with van der Waals surface area (Å²) in [7, 11) is 0. The zero-order valence-corrected chi connectivity index (χ0v) is 11.8. The van der Waals surface area contributed by atoms with Crippen molar-refractivity contribution in [3.63, 3.8) is 0 Å². The molecule has 0 saturated carbocycles. The molecule has 1 aromatic carbocycles. The second-order valence-electron chi connectivity index (χ2n) is 4.80. The Labute approximate surface area is 121 Å². The van der Waals surface area contributed by atoms with Gasteiger partial charge in [-0.3, -0.25) is 10.1 Å². The van der Waals surface area contributed by atoms with Crippen LogP contribution in [0.4, 0.5) is 16.2 Å². The molecule has 1 atom stereocenters. The average Bonchev–Trinajstić information content (AvgIpc) is 2.84. The van der Waals surface area contributed by atoms with Crippen LogP contribution in [0, 0.1) is 17.0 Å². The maximum Gasteiger partial charge on any atom is 0.319 e. The Hall–Kier alpha value is -2.64. The smallest absolute Gasteiger partial charge is 0.319 e. The maximum absolute atomic E-state index is 11.8. The van der Waals surface area contributed by atoms with Crippen LogP contribution >= 0.6 is 0 Å². The molecule has 8 nitrogen and oxygen atoms in total. The van der Waals surface area contributed by atoms with Crippen molar-refractivity contribution in [2.45, 2.75) is 26.4 Å². The third-order valence-electron chi connectivity index (χ3n) is 3.12. The van der Waals surface area contributed by atoms with E-state index in [0.717, 1.165) is 5.71 Å². The second-order valence-corrected chi connectivity index (χ2v) is 4.80. The largest absolute Gasteiger partial charge is 0.390 e. The molecule has 0 aromatic heterocycles. The molecule has 0 bridgehead atoms. The molecule has 1 heterocycles. The first kappa shape index (κ1) is 14.8. The van der Waals surface area contributed by atoms with E-state index in [1.165, 1.54) is 12.1 Å². The summed E-state index contributed by atoms with van der Waals surface area (Å²) in [4.78, 5) is 27.3. The first-order chi connectivity index (χ1) is 9.97. The molecule has 1 aliphatic rings. The van der Waals surface area contributed by atoms with Crippen LogP contribution in [-0.4, -0.2) is 29.3 Å². The van der Waals surface area contributed by atoms with Gasteiger partial charge in [0, 0.05) is 12.5 Å². The summed E-state index contributed by atoms with van der Waals surface area (Å²) in [5.74, 6) is 0. The second kappa shape index (κ2) is 6.21. The lowest BCUT2D eigenvalue weighted by Crippen LogP contribution is -2.35. The Morgan fingerprint density at radius 1 is 1.52 bits per heavy atom. The topological polar surface area (TPSA) is 106 Å². The van der Waals surface area contributed by atoms with E-state index < -0.39 is 11.0 Å². The highest BCUT2D eigenvalue weighted by molar-refractivity contribution is 5.90. The minimum absolute atomic E-state index is 0.0315. The van der Waals surface area contributed by atoms with E-state index in [9.17, 15) is 14.9 Å². The number of benzene rings is 1. The highest BCUT2D eigenvalue weighted by Gasteiger charge is 2.19. The van der Waals surface area contributed by atoms with Gasteiger partial charge in [-0.25, -0.2) is 4.79 Å². The van der Waals surface area contributed by atoms with Gasteiger partial charge >= 0.3 is 6.03 Å². The Kier molecular flexibility index (Phi) is 4.36. The van der Waals surface area contributed by atoms with E-state index in [1.54, 1.807) is 13.0 Å².